The van der Waals surface area contributed by atoms with Crippen molar-refractivity contribution in [3.8, 4) is 11.3 Å². The smallest absolute Gasteiger partial charge is 0.335 e. The molecule has 176 valence electrons. The van der Waals surface area contributed by atoms with Crippen molar-refractivity contribution in [1.29, 1.82) is 0 Å². The lowest BCUT2D eigenvalue weighted by molar-refractivity contribution is -0.124. The van der Waals surface area contributed by atoms with Crippen molar-refractivity contribution in [2.24, 2.45) is 12.1 Å². The van der Waals surface area contributed by atoms with Gasteiger partial charge in [0.2, 0.25) is 0 Å². The summed E-state index contributed by atoms with van der Waals surface area (Å²) in [6, 6.07) is 12.1. The molecule has 1 aliphatic rings. The van der Waals surface area contributed by atoms with E-state index in [2.05, 4.69) is 10.2 Å². The topological polar surface area (TPSA) is 145 Å². The number of H-pyrrole nitrogens is 1. The molecule has 1 aromatic heterocycles. The zero-order chi connectivity index (χ0) is 25.3. The summed E-state index contributed by atoms with van der Waals surface area (Å²) in [5.74, 6) is -2.46. The number of allylic oxidation sites excluding steroid dienone is 2. The fourth-order valence-corrected chi connectivity index (χ4v) is 3.62. The molecule has 0 aliphatic carbocycles. The number of carbonyl (C=O) groups excluding carboxylic acids is 1. The molecule has 35 heavy (non-hydrogen) atoms. The van der Waals surface area contributed by atoms with Crippen molar-refractivity contribution in [2.45, 2.75) is 0 Å². The van der Waals surface area contributed by atoms with Crippen LogP contribution in [0.5, 0.6) is 0 Å². The number of likely N-dealkylation sites (N-methyl/N-ethyl adjacent to an activating group) is 1. The first kappa shape index (κ1) is 23.2. The molecule has 1 amide bonds. The first-order chi connectivity index (χ1) is 16.7. The van der Waals surface area contributed by atoms with E-state index in [0.29, 0.717) is 28.1 Å². The molecule has 2 heterocycles. The van der Waals surface area contributed by atoms with E-state index in [4.69, 9.17) is 10.2 Å². The first-order valence-corrected chi connectivity index (χ1v) is 10.4. The molecule has 0 fully saturated rings. The predicted molar refractivity (Wildman–Crippen MR) is 128 cm³/mol. The average Bonchev–Trinajstić information content (AvgIpc) is 3.29. The molecule has 0 unspecified atom stereocenters. The Labute approximate surface area is 198 Å². The standard InChI is InChI=1S/C25H20N4O6/c1-28-22(30)18(20(26-28)14-6-10-16(11-7-14)24(32)33)4-3-5-19-21(27-29(2)23(19)31)15-8-12-17(13-9-15)25(34)35/h3-13,26H,1-2H3,(H,32,33)(H,34,35). The number of hydrazone groups is 1. The number of rotatable bonds is 6. The molecule has 0 radical (unpaired) electrons. The van der Waals surface area contributed by atoms with Gasteiger partial charge in [-0.25, -0.2) is 14.6 Å². The van der Waals surface area contributed by atoms with Crippen molar-refractivity contribution >= 4 is 29.6 Å². The number of amides is 1. The van der Waals surface area contributed by atoms with Gasteiger partial charge in [0.05, 0.1) is 28.0 Å². The average molecular weight is 472 g/mol. The number of carbonyl (C=O) groups is 3. The summed E-state index contributed by atoms with van der Waals surface area (Å²) in [6.07, 6.45) is 4.66. The Kier molecular flexibility index (Phi) is 6.03. The summed E-state index contributed by atoms with van der Waals surface area (Å²) in [5, 5.41) is 26.6. The number of hydrogen-bond acceptors (Lipinski definition) is 5. The molecule has 0 saturated heterocycles. The van der Waals surface area contributed by atoms with Crippen LogP contribution in [0.4, 0.5) is 0 Å². The van der Waals surface area contributed by atoms with E-state index in [-0.39, 0.29) is 28.2 Å². The lowest BCUT2D eigenvalue weighted by Gasteiger charge is -2.02. The highest BCUT2D eigenvalue weighted by Gasteiger charge is 2.28. The van der Waals surface area contributed by atoms with Gasteiger partial charge in [-0.15, -0.1) is 0 Å². The second-order valence-corrected chi connectivity index (χ2v) is 7.75. The number of nitrogens with zero attached hydrogens (tertiary/aromatic N) is 3. The van der Waals surface area contributed by atoms with Crippen molar-refractivity contribution in [3.05, 3.63) is 98.9 Å². The Morgan fingerprint density at radius 1 is 0.886 bits per heavy atom. The number of aromatic carboxylic acids is 2. The van der Waals surface area contributed by atoms with Gasteiger partial charge in [0.1, 0.15) is 5.71 Å². The molecule has 0 saturated carbocycles. The van der Waals surface area contributed by atoms with E-state index in [9.17, 15) is 19.2 Å². The molecule has 1 aliphatic heterocycles. The van der Waals surface area contributed by atoms with E-state index in [1.54, 1.807) is 49.5 Å². The maximum absolute atomic E-state index is 12.7. The molecule has 4 rings (SSSR count). The molecule has 0 bridgehead atoms. The van der Waals surface area contributed by atoms with Crippen LogP contribution in [-0.4, -0.2) is 55.6 Å². The van der Waals surface area contributed by atoms with Gasteiger partial charge in [-0.05, 0) is 36.4 Å². The quantitative estimate of drug-likeness (QED) is 0.470. The van der Waals surface area contributed by atoms with Gasteiger partial charge in [0.15, 0.2) is 0 Å². The van der Waals surface area contributed by atoms with Crippen LogP contribution in [0.1, 0.15) is 31.8 Å². The number of benzene rings is 2. The third kappa shape index (κ3) is 4.44. The molecule has 3 N–H and O–H groups in total. The number of nitrogens with one attached hydrogen (secondary N) is 1. The summed E-state index contributed by atoms with van der Waals surface area (Å²) in [5.41, 5.74) is 2.63. The Morgan fingerprint density at radius 2 is 1.43 bits per heavy atom. The highest BCUT2D eigenvalue weighted by Crippen LogP contribution is 2.23. The van der Waals surface area contributed by atoms with Crippen LogP contribution in [0, 0.1) is 0 Å². The summed E-state index contributed by atoms with van der Waals surface area (Å²) < 4.78 is 1.30. The lowest BCUT2D eigenvalue weighted by Crippen LogP contribution is -2.17. The maximum atomic E-state index is 12.7. The van der Waals surface area contributed by atoms with Gasteiger partial charge in [0.25, 0.3) is 11.5 Å². The maximum Gasteiger partial charge on any atom is 0.335 e. The van der Waals surface area contributed by atoms with E-state index in [0.717, 1.165) is 0 Å². The zero-order valence-corrected chi connectivity index (χ0v) is 18.7. The minimum absolute atomic E-state index is 0.115. The second-order valence-electron chi connectivity index (χ2n) is 7.75. The third-order valence-electron chi connectivity index (χ3n) is 5.46. The number of aryl methyl sites for hydroxylation is 1. The Hall–Kier alpha value is -4.99. The number of aromatic amines is 1. The Balaban J connectivity index is 1.68. The number of aromatic nitrogens is 2. The number of carboxylic acid groups (broad SMARTS) is 2. The summed E-state index contributed by atoms with van der Waals surface area (Å²) in [4.78, 5) is 47.6. The largest absolute Gasteiger partial charge is 0.478 e. The Morgan fingerprint density at radius 3 is 1.97 bits per heavy atom. The molecule has 0 atom stereocenters. The van der Waals surface area contributed by atoms with Gasteiger partial charge >= 0.3 is 11.9 Å². The van der Waals surface area contributed by atoms with Crippen molar-refractivity contribution in [1.82, 2.24) is 14.8 Å². The second kappa shape index (κ2) is 9.10. The highest BCUT2D eigenvalue weighted by molar-refractivity contribution is 6.31. The molecule has 3 aromatic rings. The molecular weight excluding hydrogens is 452 g/mol. The fraction of sp³-hybridized carbons (Fsp3) is 0.0800. The van der Waals surface area contributed by atoms with Gasteiger partial charge < -0.3 is 10.2 Å². The van der Waals surface area contributed by atoms with Crippen LogP contribution < -0.4 is 5.56 Å². The van der Waals surface area contributed by atoms with Gasteiger partial charge in [-0.1, -0.05) is 30.3 Å². The fourth-order valence-electron chi connectivity index (χ4n) is 3.62. The number of hydrogen-bond donors (Lipinski definition) is 3. The minimum Gasteiger partial charge on any atom is -0.478 e. The molecule has 0 spiro atoms. The van der Waals surface area contributed by atoms with E-state index in [1.807, 2.05) is 0 Å². The molecular formula is C25H20N4O6. The molecule has 10 heteroatoms. The van der Waals surface area contributed by atoms with Crippen molar-refractivity contribution in [2.75, 3.05) is 7.05 Å². The summed E-state index contributed by atoms with van der Waals surface area (Å²) >= 11 is 0. The van der Waals surface area contributed by atoms with Crippen LogP contribution in [0.15, 0.2) is 76.2 Å². The first-order valence-electron chi connectivity index (χ1n) is 10.4. The van der Waals surface area contributed by atoms with E-state index < -0.39 is 11.9 Å². The van der Waals surface area contributed by atoms with Crippen LogP contribution in [0.25, 0.3) is 17.3 Å². The van der Waals surface area contributed by atoms with Crippen LogP contribution in [0.3, 0.4) is 0 Å². The zero-order valence-electron chi connectivity index (χ0n) is 18.7. The molecule has 2 aromatic carbocycles. The van der Waals surface area contributed by atoms with Gasteiger partial charge in [0, 0.05) is 25.2 Å². The van der Waals surface area contributed by atoms with Crippen molar-refractivity contribution in [3.63, 3.8) is 0 Å². The van der Waals surface area contributed by atoms with E-state index in [1.165, 1.54) is 41.0 Å². The molecule has 10 nitrogen and oxygen atoms in total. The summed E-state index contributed by atoms with van der Waals surface area (Å²) in [6.45, 7) is 0. The Bertz CT molecular complexity index is 1490. The SMILES string of the molecule is CN1N=C(c2ccc(C(=O)O)cc2)C(=CC=Cc2c(-c3ccc(C(=O)O)cc3)[nH]n(C)c2=O)C1=O. The minimum atomic E-state index is -1.06. The summed E-state index contributed by atoms with van der Waals surface area (Å²) in [7, 11) is 3.08. The monoisotopic (exact) mass is 472 g/mol. The van der Waals surface area contributed by atoms with Crippen LogP contribution >= 0.6 is 0 Å². The van der Waals surface area contributed by atoms with Gasteiger partial charge in [-0.2, -0.15) is 5.10 Å². The lowest BCUT2D eigenvalue weighted by atomic mass is 10.0. The van der Waals surface area contributed by atoms with Crippen LogP contribution in [0.2, 0.25) is 0 Å². The van der Waals surface area contributed by atoms with Crippen molar-refractivity contribution < 1.29 is 24.6 Å². The highest BCUT2D eigenvalue weighted by atomic mass is 16.4. The predicted octanol–water partition coefficient (Wildman–Crippen LogP) is 2.59. The van der Waals surface area contributed by atoms with E-state index >= 15 is 0 Å². The third-order valence-corrected chi connectivity index (χ3v) is 5.46. The van der Waals surface area contributed by atoms with Crippen LogP contribution in [-0.2, 0) is 11.8 Å². The number of carboxylic acids is 2. The van der Waals surface area contributed by atoms with Gasteiger partial charge in [-0.3, -0.25) is 19.4 Å². The normalized spacial score (nSPS) is 14.7.